The van der Waals surface area contributed by atoms with Crippen molar-refractivity contribution in [2.75, 3.05) is 18.0 Å². The first-order chi connectivity index (χ1) is 10.2. The van der Waals surface area contributed by atoms with E-state index in [1.165, 1.54) is 11.3 Å². The van der Waals surface area contributed by atoms with Crippen molar-refractivity contribution in [2.45, 2.75) is 44.8 Å². The van der Waals surface area contributed by atoms with Gasteiger partial charge in [0.15, 0.2) is 0 Å². The summed E-state index contributed by atoms with van der Waals surface area (Å²) in [6.45, 7) is 1.84. The molecule has 1 aromatic carbocycles. The molecule has 4 nitrogen and oxygen atoms in total. The quantitative estimate of drug-likeness (QED) is 0.864. The van der Waals surface area contributed by atoms with Gasteiger partial charge in [0.25, 0.3) is 0 Å². The van der Waals surface area contributed by atoms with E-state index in [9.17, 15) is 9.90 Å². The van der Waals surface area contributed by atoms with E-state index in [1.54, 1.807) is 0 Å². The summed E-state index contributed by atoms with van der Waals surface area (Å²) in [4.78, 5) is 14.3. The molecule has 1 aliphatic carbocycles. The fourth-order valence-corrected chi connectivity index (χ4v) is 3.98. The van der Waals surface area contributed by atoms with Crippen LogP contribution >= 0.6 is 0 Å². The molecule has 0 amide bonds. The van der Waals surface area contributed by atoms with Crippen molar-refractivity contribution < 1.29 is 14.6 Å². The Morgan fingerprint density at radius 2 is 2.24 bits per heavy atom. The highest BCUT2D eigenvalue weighted by Crippen LogP contribution is 2.50. The lowest BCUT2D eigenvalue weighted by Crippen LogP contribution is -2.34. The molecule has 1 saturated carbocycles. The number of nitrogens with zero attached hydrogens (tertiary/aromatic N) is 1. The molecule has 1 unspecified atom stereocenters. The Morgan fingerprint density at radius 1 is 1.38 bits per heavy atom. The zero-order valence-corrected chi connectivity index (χ0v) is 12.2. The zero-order valence-electron chi connectivity index (χ0n) is 12.2. The summed E-state index contributed by atoms with van der Waals surface area (Å²) in [5.41, 5.74) is 3.33. The highest BCUT2D eigenvalue weighted by Gasteiger charge is 2.53. The molecular formula is C17H21NO3. The Balaban J connectivity index is 1.49. The van der Waals surface area contributed by atoms with Gasteiger partial charge in [0.1, 0.15) is 6.10 Å². The molecule has 4 rings (SSSR count). The number of hydrogen-bond acceptors (Lipinski definition) is 4. The molecule has 0 bridgehead atoms. The van der Waals surface area contributed by atoms with E-state index in [0.717, 1.165) is 50.8 Å². The first kappa shape index (κ1) is 13.1. The fraction of sp³-hybridized carbons (Fsp3) is 0.588. The summed E-state index contributed by atoms with van der Waals surface area (Å²) in [6.07, 6.45) is 5.13. The molecule has 3 aliphatic rings. The van der Waals surface area contributed by atoms with Gasteiger partial charge in [0.05, 0.1) is 18.6 Å². The molecule has 2 heterocycles. The van der Waals surface area contributed by atoms with Crippen molar-refractivity contribution in [1.29, 1.82) is 0 Å². The molecule has 1 saturated heterocycles. The predicted octanol–water partition coefficient (Wildman–Crippen LogP) is 2.03. The molecule has 1 spiro atoms. The van der Waals surface area contributed by atoms with Crippen LogP contribution in [0.25, 0.3) is 0 Å². The van der Waals surface area contributed by atoms with Crippen molar-refractivity contribution in [3.8, 4) is 0 Å². The molecule has 1 N–H and O–H groups in total. The number of aliphatic hydroxyl groups is 1. The number of carbonyl (C=O) groups excluding carboxylic acids is 1. The van der Waals surface area contributed by atoms with Crippen LogP contribution in [0.4, 0.5) is 5.69 Å². The Kier molecular flexibility index (Phi) is 2.96. The van der Waals surface area contributed by atoms with Gasteiger partial charge in [-0.1, -0.05) is 18.6 Å². The highest BCUT2D eigenvalue weighted by atomic mass is 16.6. The third-order valence-corrected chi connectivity index (χ3v) is 5.38. The molecule has 21 heavy (non-hydrogen) atoms. The van der Waals surface area contributed by atoms with Crippen LogP contribution in [0.2, 0.25) is 0 Å². The summed E-state index contributed by atoms with van der Waals surface area (Å²) in [5.74, 6) is 0.0299. The number of esters is 1. The van der Waals surface area contributed by atoms with Crippen LogP contribution in [0.1, 0.15) is 36.8 Å². The van der Waals surface area contributed by atoms with Crippen molar-refractivity contribution in [3.05, 3.63) is 29.3 Å². The van der Waals surface area contributed by atoms with Crippen molar-refractivity contribution in [2.24, 2.45) is 5.41 Å². The Bertz CT molecular complexity index is 579. The SMILES string of the molecule is O=C1OC(CN2CCc3ccc(CO)cc32)CC12CCC2. The maximum absolute atomic E-state index is 12.0. The number of aliphatic hydroxyl groups excluding tert-OH is 1. The molecule has 2 fully saturated rings. The summed E-state index contributed by atoms with van der Waals surface area (Å²) in [5, 5.41) is 9.29. The van der Waals surface area contributed by atoms with Crippen LogP contribution in [0.3, 0.4) is 0 Å². The van der Waals surface area contributed by atoms with Crippen LogP contribution in [0.5, 0.6) is 0 Å². The monoisotopic (exact) mass is 287 g/mol. The number of rotatable bonds is 3. The first-order valence-corrected chi connectivity index (χ1v) is 7.89. The molecule has 112 valence electrons. The summed E-state index contributed by atoms with van der Waals surface area (Å²) >= 11 is 0. The third kappa shape index (κ3) is 2.04. The van der Waals surface area contributed by atoms with Crippen molar-refractivity contribution in [3.63, 3.8) is 0 Å². The maximum Gasteiger partial charge on any atom is 0.312 e. The van der Waals surface area contributed by atoms with Gasteiger partial charge in [-0.25, -0.2) is 0 Å². The molecule has 1 atom stereocenters. The average molecular weight is 287 g/mol. The van der Waals surface area contributed by atoms with Crippen LogP contribution in [-0.2, 0) is 22.6 Å². The van der Waals surface area contributed by atoms with E-state index in [-0.39, 0.29) is 24.1 Å². The van der Waals surface area contributed by atoms with Crippen LogP contribution in [0.15, 0.2) is 18.2 Å². The van der Waals surface area contributed by atoms with Crippen LogP contribution < -0.4 is 4.90 Å². The number of carbonyl (C=O) groups is 1. The number of anilines is 1. The minimum absolute atomic E-state index is 0.0292. The number of fused-ring (bicyclic) bond motifs is 1. The Morgan fingerprint density at radius 3 is 2.90 bits per heavy atom. The standard InChI is InChI=1S/C17H21NO3/c19-11-12-2-3-13-4-7-18(15(13)8-12)10-14-9-17(5-1-6-17)16(20)21-14/h2-3,8,14,19H,1,4-7,9-11H2. The second-order valence-electron chi connectivity index (χ2n) is 6.68. The number of hydrogen-bond donors (Lipinski definition) is 1. The fourth-order valence-electron chi connectivity index (χ4n) is 3.98. The van der Waals surface area contributed by atoms with Crippen molar-refractivity contribution >= 4 is 11.7 Å². The van der Waals surface area contributed by atoms with Gasteiger partial charge in [0, 0.05) is 18.7 Å². The number of benzene rings is 1. The van der Waals surface area contributed by atoms with E-state index in [4.69, 9.17) is 4.74 Å². The molecule has 1 aromatic rings. The topological polar surface area (TPSA) is 49.8 Å². The summed E-state index contributed by atoms with van der Waals surface area (Å²) in [7, 11) is 0. The van der Waals surface area contributed by atoms with Gasteiger partial charge < -0.3 is 14.7 Å². The minimum atomic E-state index is -0.139. The van der Waals surface area contributed by atoms with Crippen LogP contribution in [0, 0.1) is 5.41 Å². The molecule has 2 aliphatic heterocycles. The zero-order chi connectivity index (χ0) is 14.4. The number of cyclic esters (lactones) is 1. The van der Waals surface area contributed by atoms with Gasteiger partial charge in [-0.2, -0.15) is 0 Å². The Labute approximate surface area is 124 Å². The minimum Gasteiger partial charge on any atom is -0.460 e. The Hall–Kier alpha value is -1.55. The predicted molar refractivity (Wildman–Crippen MR) is 79.1 cm³/mol. The third-order valence-electron chi connectivity index (χ3n) is 5.38. The average Bonchev–Trinajstić information content (AvgIpc) is 2.99. The summed E-state index contributed by atoms with van der Waals surface area (Å²) in [6, 6.07) is 6.16. The molecule has 0 aromatic heterocycles. The summed E-state index contributed by atoms with van der Waals surface area (Å²) < 4.78 is 5.62. The molecule has 0 radical (unpaired) electrons. The van der Waals surface area contributed by atoms with Gasteiger partial charge in [-0.3, -0.25) is 4.79 Å². The number of ether oxygens (including phenoxy) is 1. The second kappa shape index (κ2) is 4.73. The normalized spacial score (nSPS) is 25.9. The van der Waals surface area contributed by atoms with Gasteiger partial charge >= 0.3 is 5.97 Å². The maximum atomic E-state index is 12.0. The lowest BCUT2D eigenvalue weighted by atomic mass is 9.67. The van der Waals surface area contributed by atoms with E-state index >= 15 is 0 Å². The second-order valence-corrected chi connectivity index (χ2v) is 6.68. The van der Waals surface area contributed by atoms with E-state index in [1.807, 2.05) is 6.07 Å². The molecule has 4 heteroatoms. The van der Waals surface area contributed by atoms with E-state index < -0.39 is 0 Å². The van der Waals surface area contributed by atoms with Crippen molar-refractivity contribution in [1.82, 2.24) is 0 Å². The van der Waals surface area contributed by atoms with Crippen LogP contribution in [-0.4, -0.2) is 30.3 Å². The highest BCUT2D eigenvalue weighted by molar-refractivity contribution is 5.80. The van der Waals surface area contributed by atoms with E-state index in [0.29, 0.717) is 0 Å². The first-order valence-electron chi connectivity index (χ1n) is 7.89. The van der Waals surface area contributed by atoms with E-state index in [2.05, 4.69) is 17.0 Å². The molecular weight excluding hydrogens is 266 g/mol. The largest absolute Gasteiger partial charge is 0.460 e. The lowest BCUT2D eigenvalue weighted by molar-refractivity contribution is -0.152. The van der Waals surface area contributed by atoms with Gasteiger partial charge in [-0.05, 0) is 36.5 Å². The van der Waals surface area contributed by atoms with Gasteiger partial charge in [0.2, 0.25) is 0 Å². The van der Waals surface area contributed by atoms with Gasteiger partial charge in [-0.15, -0.1) is 0 Å². The lowest BCUT2D eigenvalue weighted by Gasteiger charge is -2.33. The smallest absolute Gasteiger partial charge is 0.312 e.